The minimum Gasteiger partial charge on any atom is -0.480 e. The Morgan fingerprint density at radius 1 is 1.12 bits per heavy atom. The lowest BCUT2D eigenvalue weighted by atomic mass is 9.81. The van der Waals surface area contributed by atoms with Crippen LogP contribution in [-0.2, 0) is 16.0 Å². The number of Topliss-reactive ketones (excluding diaryl/α,β-unsaturated/α-hetero) is 1. The molecular formula is C27H30ClNO5. The average molecular weight is 484 g/mol. The SMILES string of the molecule is COC1CCC(CC(C(=O)O)n2cc3c(cc2=O)-c2cc(Cl)ccc2CC2(CC2)CC3=O)CC1. The van der Waals surface area contributed by atoms with Crippen LogP contribution in [0.25, 0.3) is 11.1 Å². The van der Waals surface area contributed by atoms with Gasteiger partial charge in [-0.3, -0.25) is 9.59 Å². The zero-order valence-electron chi connectivity index (χ0n) is 19.4. The molecule has 1 unspecified atom stereocenters. The number of aromatic nitrogens is 1. The largest absolute Gasteiger partial charge is 0.480 e. The number of nitrogens with zero attached hydrogens (tertiary/aromatic N) is 1. The summed E-state index contributed by atoms with van der Waals surface area (Å²) in [6, 6.07) is 6.08. The van der Waals surface area contributed by atoms with E-state index in [-0.39, 0.29) is 23.2 Å². The summed E-state index contributed by atoms with van der Waals surface area (Å²) in [4.78, 5) is 39.0. The van der Waals surface area contributed by atoms with Crippen LogP contribution in [0.4, 0.5) is 0 Å². The highest BCUT2D eigenvalue weighted by Crippen LogP contribution is 2.54. The predicted octanol–water partition coefficient (Wildman–Crippen LogP) is 5.30. The highest BCUT2D eigenvalue weighted by atomic mass is 35.5. The number of fused-ring (bicyclic) bond motifs is 3. The number of ether oxygens (including phenoxy) is 1. The lowest BCUT2D eigenvalue weighted by Gasteiger charge is -2.30. The number of hydrogen-bond acceptors (Lipinski definition) is 4. The maximum Gasteiger partial charge on any atom is 0.326 e. The molecule has 0 saturated heterocycles. The van der Waals surface area contributed by atoms with Crippen molar-refractivity contribution in [3.63, 3.8) is 0 Å². The van der Waals surface area contributed by atoms with Crippen molar-refractivity contribution in [3.05, 3.63) is 57.0 Å². The van der Waals surface area contributed by atoms with Crippen molar-refractivity contribution < 1.29 is 19.4 Å². The van der Waals surface area contributed by atoms with Gasteiger partial charge in [-0.1, -0.05) is 17.7 Å². The molecule has 1 aromatic heterocycles. The summed E-state index contributed by atoms with van der Waals surface area (Å²) in [7, 11) is 1.70. The number of carboxylic acids is 1. The van der Waals surface area contributed by atoms with Crippen molar-refractivity contribution in [1.82, 2.24) is 4.57 Å². The van der Waals surface area contributed by atoms with Crippen molar-refractivity contribution in [3.8, 4) is 11.1 Å². The quantitative estimate of drug-likeness (QED) is 0.623. The molecule has 0 radical (unpaired) electrons. The van der Waals surface area contributed by atoms with Crippen molar-refractivity contribution >= 4 is 23.4 Å². The van der Waals surface area contributed by atoms with E-state index in [0.717, 1.165) is 56.1 Å². The third kappa shape index (κ3) is 4.46. The summed E-state index contributed by atoms with van der Waals surface area (Å²) < 4.78 is 6.70. The van der Waals surface area contributed by atoms with Gasteiger partial charge >= 0.3 is 5.97 Å². The highest BCUT2D eigenvalue weighted by molar-refractivity contribution is 6.31. The van der Waals surface area contributed by atoms with Crippen LogP contribution < -0.4 is 5.56 Å². The molecular weight excluding hydrogens is 454 g/mol. The zero-order chi connectivity index (χ0) is 24.0. The molecule has 34 heavy (non-hydrogen) atoms. The standard InChI is InChI=1S/C27H30ClNO5/c1-34-19-6-2-16(3-7-19)10-23(26(32)33)29-15-22-21(12-25(29)31)20-11-18(28)5-4-17(20)13-27(8-9-27)14-24(22)30/h4-5,11-12,15-16,19,23H,2-3,6-10,13-14H2,1H3,(H,32,33). The molecule has 3 aliphatic carbocycles. The first-order valence-electron chi connectivity index (χ1n) is 12.1. The molecule has 1 N–H and O–H groups in total. The lowest BCUT2D eigenvalue weighted by molar-refractivity contribution is -0.141. The number of carboxylic acid groups (broad SMARTS) is 1. The molecule has 1 heterocycles. The van der Waals surface area contributed by atoms with E-state index in [1.54, 1.807) is 7.11 Å². The maximum atomic E-state index is 13.4. The topological polar surface area (TPSA) is 85.6 Å². The molecule has 2 aromatic rings. The fourth-order valence-corrected chi connectivity index (χ4v) is 6.05. The normalized spacial score (nSPS) is 24.0. The van der Waals surface area contributed by atoms with E-state index < -0.39 is 17.6 Å². The van der Waals surface area contributed by atoms with Gasteiger partial charge in [-0.05, 0) is 91.5 Å². The average Bonchev–Trinajstić information content (AvgIpc) is 3.57. The molecule has 7 heteroatoms. The summed E-state index contributed by atoms with van der Waals surface area (Å²) >= 11 is 6.30. The Hall–Kier alpha value is -2.44. The van der Waals surface area contributed by atoms with Crippen LogP contribution in [0.3, 0.4) is 0 Å². The first-order chi connectivity index (χ1) is 16.3. The van der Waals surface area contributed by atoms with E-state index in [2.05, 4.69) is 0 Å². The van der Waals surface area contributed by atoms with Gasteiger partial charge in [-0.2, -0.15) is 0 Å². The minimum absolute atomic E-state index is 0.0309. The predicted molar refractivity (Wildman–Crippen MR) is 130 cm³/mol. The van der Waals surface area contributed by atoms with Crippen LogP contribution in [0, 0.1) is 11.3 Å². The lowest BCUT2D eigenvalue weighted by Crippen LogP contribution is -2.33. The van der Waals surface area contributed by atoms with Gasteiger partial charge in [0.15, 0.2) is 5.78 Å². The molecule has 5 rings (SSSR count). The van der Waals surface area contributed by atoms with Crippen molar-refractivity contribution in [2.24, 2.45) is 11.3 Å². The van der Waals surface area contributed by atoms with Crippen LogP contribution in [0.2, 0.25) is 5.02 Å². The molecule has 0 bridgehead atoms. The Kier molecular flexibility index (Phi) is 6.15. The number of carbonyl (C=O) groups is 2. The van der Waals surface area contributed by atoms with Crippen LogP contribution in [-0.4, -0.2) is 34.6 Å². The zero-order valence-corrected chi connectivity index (χ0v) is 20.1. The monoisotopic (exact) mass is 483 g/mol. The first kappa shape index (κ1) is 23.3. The molecule has 1 spiro atoms. The van der Waals surface area contributed by atoms with Gasteiger partial charge in [0.2, 0.25) is 0 Å². The number of benzene rings is 1. The molecule has 6 nitrogen and oxygen atoms in total. The van der Waals surface area contributed by atoms with Gasteiger partial charge in [0.05, 0.1) is 6.10 Å². The number of rotatable bonds is 5. The minimum atomic E-state index is -1.05. The molecule has 0 aliphatic heterocycles. The Morgan fingerprint density at radius 2 is 1.85 bits per heavy atom. The summed E-state index contributed by atoms with van der Waals surface area (Å²) in [6.45, 7) is 0. The second-order valence-corrected chi connectivity index (χ2v) is 10.8. The molecule has 1 aromatic carbocycles. The van der Waals surface area contributed by atoms with Gasteiger partial charge < -0.3 is 14.4 Å². The summed E-state index contributed by atoms with van der Waals surface area (Å²) in [5, 5.41) is 10.6. The van der Waals surface area contributed by atoms with Gasteiger partial charge in [0.25, 0.3) is 5.56 Å². The first-order valence-corrected chi connectivity index (χ1v) is 12.5. The van der Waals surface area contributed by atoms with Gasteiger partial charge in [0, 0.05) is 36.4 Å². The van der Waals surface area contributed by atoms with Gasteiger partial charge in [0.1, 0.15) is 6.04 Å². The summed E-state index contributed by atoms with van der Waals surface area (Å²) in [6.07, 6.45) is 8.82. The van der Waals surface area contributed by atoms with E-state index in [1.165, 1.54) is 16.8 Å². The second-order valence-electron chi connectivity index (χ2n) is 10.4. The Balaban J connectivity index is 1.55. The maximum absolute atomic E-state index is 13.4. The molecule has 2 saturated carbocycles. The van der Waals surface area contributed by atoms with Gasteiger partial charge in [-0.15, -0.1) is 0 Å². The number of carbonyl (C=O) groups excluding carboxylic acids is 1. The van der Waals surface area contributed by atoms with Crippen molar-refractivity contribution in [1.29, 1.82) is 0 Å². The third-order valence-electron chi connectivity index (χ3n) is 8.11. The summed E-state index contributed by atoms with van der Waals surface area (Å²) in [5.74, 6) is -0.876. The van der Waals surface area contributed by atoms with E-state index in [4.69, 9.17) is 16.3 Å². The van der Waals surface area contributed by atoms with Gasteiger partial charge in [-0.25, -0.2) is 4.79 Å². The van der Waals surface area contributed by atoms with Crippen LogP contribution in [0.15, 0.2) is 35.3 Å². The fraction of sp³-hybridized carbons (Fsp3) is 0.519. The number of ketones is 1. The van der Waals surface area contributed by atoms with Crippen LogP contribution in [0.1, 0.15) is 73.3 Å². The Bertz CT molecular complexity index is 1190. The highest BCUT2D eigenvalue weighted by Gasteiger charge is 2.46. The number of hydrogen-bond donors (Lipinski definition) is 1. The van der Waals surface area contributed by atoms with Crippen LogP contribution >= 0.6 is 11.6 Å². The number of aliphatic carboxylic acids is 1. The third-order valence-corrected chi connectivity index (χ3v) is 8.34. The summed E-state index contributed by atoms with van der Waals surface area (Å²) in [5.41, 5.74) is 2.42. The van der Waals surface area contributed by atoms with Crippen molar-refractivity contribution in [2.75, 3.05) is 7.11 Å². The fourth-order valence-electron chi connectivity index (χ4n) is 5.88. The molecule has 3 aliphatic rings. The van der Waals surface area contributed by atoms with E-state index in [1.807, 2.05) is 18.2 Å². The molecule has 0 amide bonds. The van der Waals surface area contributed by atoms with E-state index >= 15 is 0 Å². The van der Waals surface area contributed by atoms with E-state index in [0.29, 0.717) is 29.0 Å². The van der Waals surface area contributed by atoms with E-state index in [9.17, 15) is 19.5 Å². The van der Waals surface area contributed by atoms with Crippen molar-refractivity contribution in [2.45, 2.75) is 69.9 Å². The Morgan fingerprint density at radius 3 is 2.50 bits per heavy atom. The number of halogens is 1. The molecule has 2 fully saturated rings. The number of methoxy groups -OCH3 is 1. The van der Waals surface area contributed by atoms with Crippen LogP contribution in [0.5, 0.6) is 0 Å². The Labute approximate surface area is 203 Å². The molecule has 180 valence electrons. The second kappa shape index (κ2) is 8.97. The number of pyridine rings is 1. The molecule has 1 atom stereocenters. The smallest absolute Gasteiger partial charge is 0.326 e.